The Morgan fingerprint density at radius 2 is 2.25 bits per heavy atom. The lowest BCUT2D eigenvalue weighted by Crippen LogP contribution is -2.14. The summed E-state index contributed by atoms with van der Waals surface area (Å²) in [6.45, 7) is 2.08. The Balaban J connectivity index is 1.68. The molecule has 5 heteroatoms. The van der Waals surface area contributed by atoms with Crippen molar-refractivity contribution in [3.63, 3.8) is 0 Å². The molecule has 0 bridgehead atoms. The van der Waals surface area contributed by atoms with Crippen molar-refractivity contribution < 1.29 is 9.53 Å². The molecular weight excluding hydrogens is 254 g/mol. The van der Waals surface area contributed by atoms with Gasteiger partial charge in [0.1, 0.15) is 5.75 Å². The number of amides is 1. The highest BCUT2D eigenvalue weighted by molar-refractivity contribution is 5.94. The number of carbonyl (C=O) groups is 1. The summed E-state index contributed by atoms with van der Waals surface area (Å²) in [5.41, 5.74) is 0.732. The molecule has 20 heavy (non-hydrogen) atoms. The molecule has 5 nitrogen and oxygen atoms in total. The average Bonchev–Trinajstić information content (AvgIpc) is 3.18. The van der Waals surface area contributed by atoms with E-state index in [-0.39, 0.29) is 11.8 Å². The maximum atomic E-state index is 11.9. The highest BCUT2D eigenvalue weighted by atomic mass is 16.5. The Kier molecular flexibility index (Phi) is 3.33. The van der Waals surface area contributed by atoms with Gasteiger partial charge < -0.3 is 10.1 Å². The van der Waals surface area contributed by atoms with E-state index in [0.717, 1.165) is 12.1 Å². The van der Waals surface area contributed by atoms with Crippen molar-refractivity contribution in [3.8, 4) is 11.6 Å². The Hall–Kier alpha value is -2.43. The molecule has 2 aromatic rings. The van der Waals surface area contributed by atoms with Crippen LogP contribution in [0.4, 0.5) is 5.69 Å². The van der Waals surface area contributed by atoms with Crippen molar-refractivity contribution in [2.45, 2.75) is 13.3 Å². The van der Waals surface area contributed by atoms with Gasteiger partial charge in [-0.3, -0.25) is 9.78 Å². The zero-order chi connectivity index (χ0) is 13.9. The van der Waals surface area contributed by atoms with Gasteiger partial charge in [-0.1, -0.05) is 13.0 Å². The summed E-state index contributed by atoms with van der Waals surface area (Å²) in [4.78, 5) is 19.9. The molecule has 1 N–H and O–H groups in total. The van der Waals surface area contributed by atoms with E-state index in [0.29, 0.717) is 17.5 Å². The summed E-state index contributed by atoms with van der Waals surface area (Å²) in [6.07, 6.45) is 5.66. The van der Waals surface area contributed by atoms with Gasteiger partial charge >= 0.3 is 0 Å². The molecule has 0 spiro atoms. The van der Waals surface area contributed by atoms with E-state index >= 15 is 0 Å². The van der Waals surface area contributed by atoms with Crippen LogP contribution in [0.2, 0.25) is 0 Å². The van der Waals surface area contributed by atoms with Crippen LogP contribution in [0, 0.1) is 11.8 Å². The van der Waals surface area contributed by atoms with Crippen molar-refractivity contribution in [1.82, 2.24) is 9.97 Å². The van der Waals surface area contributed by atoms with Gasteiger partial charge in [0.15, 0.2) is 0 Å². The first-order valence-corrected chi connectivity index (χ1v) is 6.57. The van der Waals surface area contributed by atoms with Crippen LogP contribution in [0.25, 0.3) is 0 Å². The predicted molar refractivity (Wildman–Crippen MR) is 74.4 cm³/mol. The number of benzene rings is 1. The number of anilines is 1. The molecule has 1 fully saturated rings. The molecule has 2 atom stereocenters. The number of nitrogens with zero attached hydrogens (tertiary/aromatic N) is 2. The standard InChI is InChI=1S/C15H15N3O2/c1-10-7-13(10)15(19)18-11-3-2-4-12(8-11)20-14-9-16-5-6-17-14/h2-6,8-10,13H,7H2,1H3,(H,18,19)/t10-,13-/m1/s1. The van der Waals surface area contributed by atoms with Gasteiger partial charge in [0.05, 0.1) is 6.20 Å². The molecule has 0 aliphatic heterocycles. The smallest absolute Gasteiger partial charge is 0.237 e. The minimum absolute atomic E-state index is 0.0779. The lowest BCUT2D eigenvalue weighted by Gasteiger charge is -2.07. The molecule has 1 amide bonds. The molecule has 102 valence electrons. The maximum Gasteiger partial charge on any atom is 0.237 e. The van der Waals surface area contributed by atoms with Crippen LogP contribution in [-0.2, 0) is 4.79 Å². The Morgan fingerprint density at radius 1 is 1.40 bits per heavy atom. The second-order valence-electron chi connectivity index (χ2n) is 4.98. The van der Waals surface area contributed by atoms with Crippen LogP contribution >= 0.6 is 0 Å². The zero-order valence-electron chi connectivity index (χ0n) is 11.1. The summed E-state index contributed by atoms with van der Waals surface area (Å²) in [6, 6.07) is 7.26. The monoisotopic (exact) mass is 269 g/mol. The topological polar surface area (TPSA) is 64.1 Å². The third-order valence-corrected chi connectivity index (χ3v) is 3.31. The van der Waals surface area contributed by atoms with Crippen LogP contribution in [0.15, 0.2) is 42.9 Å². The van der Waals surface area contributed by atoms with Crippen molar-refractivity contribution in [1.29, 1.82) is 0 Å². The van der Waals surface area contributed by atoms with Gasteiger partial charge in [-0.2, -0.15) is 0 Å². The number of carbonyl (C=O) groups excluding carboxylic acids is 1. The van der Waals surface area contributed by atoms with E-state index in [1.807, 2.05) is 18.2 Å². The molecule has 1 aromatic carbocycles. The normalized spacial score (nSPS) is 20.2. The molecule has 1 aliphatic rings. The molecule has 1 aromatic heterocycles. The Bertz CT molecular complexity index is 616. The number of hydrogen-bond donors (Lipinski definition) is 1. The van der Waals surface area contributed by atoms with Crippen molar-refractivity contribution in [2.24, 2.45) is 11.8 Å². The molecule has 0 saturated heterocycles. The number of nitrogens with one attached hydrogen (secondary N) is 1. The largest absolute Gasteiger partial charge is 0.437 e. The molecule has 0 radical (unpaired) electrons. The van der Waals surface area contributed by atoms with Gasteiger partial charge in [-0.25, -0.2) is 4.98 Å². The highest BCUT2D eigenvalue weighted by Crippen LogP contribution is 2.38. The quantitative estimate of drug-likeness (QED) is 0.927. The maximum absolute atomic E-state index is 11.9. The Morgan fingerprint density at radius 3 is 2.95 bits per heavy atom. The molecular formula is C15H15N3O2. The second-order valence-corrected chi connectivity index (χ2v) is 4.98. The first-order chi connectivity index (χ1) is 9.72. The molecule has 1 saturated carbocycles. The number of ether oxygens (including phenoxy) is 1. The minimum Gasteiger partial charge on any atom is -0.437 e. The summed E-state index contributed by atoms with van der Waals surface area (Å²) >= 11 is 0. The van der Waals surface area contributed by atoms with E-state index in [1.165, 1.54) is 6.20 Å². The molecule has 0 unspecified atom stereocenters. The van der Waals surface area contributed by atoms with Crippen molar-refractivity contribution in [2.75, 3.05) is 5.32 Å². The minimum atomic E-state index is 0.0779. The van der Waals surface area contributed by atoms with E-state index in [9.17, 15) is 4.79 Å². The first kappa shape index (κ1) is 12.6. The van der Waals surface area contributed by atoms with Crippen molar-refractivity contribution >= 4 is 11.6 Å². The van der Waals surface area contributed by atoms with Crippen molar-refractivity contribution in [3.05, 3.63) is 42.9 Å². The highest BCUT2D eigenvalue weighted by Gasteiger charge is 2.39. The summed E-state index contributed by atoms with van der Waals surface area (Å²) in [5.74, 6) is 1.77. The first-order valence-electron chi connectivity index (χ1n) is 6.57. The molecule has 1 aliphatic carbocycles. The number of hydrogen-bond acceptors (Lipinski definition) is 4. The lowest BCUT2D eigenvalue weighted by atomic mass is 10.2. The SMILES string of the molecule is C[C@@H]1C[C@H]1C(=O)Nc1cccc(Oc2cnccn2)c1. The third kappa shape index (κ3) is 2.93. The summed E-state index contributed by atoms with van der Waals surface area (Å²) < 4.78 is 5.57. The van der Waals surface area contributed by atoms with Gasteiger partial charge in [0.25, 0.3) is 0 Å². The Labute approximate surface area is 117 Å². The van der Waals surface area contributed by atoms with Crippen LogP contribution in [-0.4, -0.2) is 15.9 Å². The second kappa shape index (κ2) is 5.28. The van der Waals surface area contributed by atoms with Crippen LogP contribution in [0.3, 0.4) is 0 Å². The van der Waals surface area contributed by atoms with Crippen LogP contribution in [0.1, 0.15) is 13.3 Å². The predicted octanol–water partition coefficient (Wildman–Crippen LogP) is 2.86. The van der Waals surface area contributed by atoms with Crippen LogP contribution in [0.5, 0.6) is 11.6 Å². The fourth-order valence-electron chi connectivity index (χ4n) is 2.02. The zero-order valence-corrected chi connectivity index (χ0v) is 11.1. The summed E-state index contributed by atoms with van der Waals surface area (Å²) in [7, 11) is 0. The van der Waals surface area contributed by atoms with E-state index < -0.39 is 0 Å². The molecule has 3 rings (SSSR count). The van der Waals surface area contributed by atoms with Gasteiger partial charge in [-0.15, -0.1) is 0 Å². The fourth-order valence-corrected chi connectivity index (χ4v) is 2.02. The number of aromatic nitrogens is 2. The summed E-state index contributed by atoms with van der Waals surface area (Å²) in [5, 5.41) is 2.91. The fraction of sp³-hybridized carbons (Fsp3) is 0.267. The molecule has 1 heterocycles. The van der Waals surface area contributed by atoms with Crippen LogP contribution < -0.4 is 10.1 Å². The average molecular weight is 269 g/mol. The lowest BCUT2D eigenvalue weighted by molar-refractivity contribution is -0.117. The van der Waals surface area contributed by atoms with E-state index in [4.69, 9.17) is 4.74 Å². The van der Waals surface area contributed by atoms with Gasteiger partial charge in [-0.05, 0) is 24.5 Å². The van der Waals surface area contributed by atoms with Gasteiger partial charge in [0.2, 0.25) is 11.8 Å². The van der Waals surface area contributed by atoms with E-state index in [2.05, 4.69) is 22.2 Å². The van der Waals surface area contributed by atoms with Gasteiger partial charge in [0, 0.05) is 30.1 Å². The third-order valence-electron chi connectivity index (χ3n) is 3.31. The number of rotatable bonds is 4. The van der Waals surface area contributed by atoms with E-state index in [1.54, 1.807) is 18.5 Å².